The Morgan fingerprint density at radius 3 is 1.42 bits per heavy atom. The van der Waals surface area contributed by atoms with Crippen molar-refractivity contribution in [1.29, 1.82) is 0 Å². The van der Waals surface area contributed by atoms with Crippen LogP contribution in [0.25, 0.3) is 0 Å². The second kappa shape index (κ2) is 7.48. The Bertz CT molecular complexity index is 776. The van der Waals surface area contributed by atoms with Crippen LogP contribution < -0.4 is 17.9 Å². The second-order valence-corrected chi connectivity index (χ2v) is 37.1. The Morgan fingerprint density at radius 2 is 1.12 bits per heavy atom. The van der Waals surface area contributed by atoms with Crippen LogP contribution in [-0.4, -0.2) is 36.8 Å². The molecular formula is C20H30N2Sn2. The van der Waals surface area contributed by atoms with Gasteiger partial charge in [-0.1, -0.05) is 0 Å². The molecule has 0 fully saturated rings. The van der Waals surface area contributed by atoms with Gasteiger partial charge in [-0.15, -0.1) is 0 Å². The van der Waals surface area contributed by atoms with Gasteiger partial charge in [0.2, 0.25) is 0 Å². The van der Waals surface area contributed by atoms with Crippen LogP contribution >= 0.6 is 0 Å². The van der Waals surface area contributed by atoms with E-state index in [1.54, 1.807) is 0 Å². The van der Waals surface area contributed by atoms with Crippen LogP contribution in [0.3, 0.4) is 0 Å². The molecule has 2 nitrogen and oxygen atoms in total. The summed E-state index contributed by atoms with van der Waals surface area (Å²) in [6.07, 6.45) is 8.33. The molecule has 128 valence electrons. The summed E-state index contributed by atoms with van der Waals surface area (Å²) in [5.74, 6) is 0.876. The van der Waals surface area contributed by atoms with Gasteiger partial charge in [-0.25, -0.2) is 0 Å². The topological polar surface area (TPSA) is 24.7 Å². The monoisotopic (exact) mass is 538 g/mol. The standard InChI is InChI=1S/C14H12N2.6CH3.2Sn/c1-3-7-11(8-4-2)14-15-12-9-5-6-10-13(12)16-14;;;;;;;;/h3-8H,1-2H3;6*1H3;;/b7-3-,8-4-;;;;;;;;. The zero-order valence-electron chi connectivity index (χ0n) is 16.4. The van der Waals surface area contributed by atoms with Gasteiger partial charge in [-0.3, -0.25) is 0 Å². The predicted octanol–water partition coefficient (Wildman–Crippen LogP) is 3.39. The Kier molecular flexibility index (Phi) is 6.22. The molecule has 0 N–H and O–H groups in total. The van der Waals surface area contributed by atoms with E-state index < -0.39 is 36.8 Å². The number of hydrogen-bond donors (Lipinski definition) is 0. The van der Waals surface area contributed by atoms with Crippen molar-refractivity contribution in [3.63, 3.8) is 0 Å². The molecule has 1 aromatic carbocycles. The van der Waals surface area contributed by atoms with E-state index in [9.17, 15) is 0 Å². The molecule has 24 heavy (non-hydrogen) atoms. The van der Waals surface area contributed by atoms with Crippen LogP contribution in [0.1, 0.15) is 13.8 Å². The average Bonchev–Trinajstić information content (AvgIpc) is 2.88. The van der Waals surface area contributed by atoms with Crippen LogP contribution in [0.15, 0.2) is 57.8 Å². The molecule has 0 radical (unpaired) electrons. The van der Waals surface area contributed by atoms with Crippen molar-refractivity contribution in [2.75, 3.05) is 0 Å². The molecule has 0 aromatic heterocycles. The van der Waals surface area contributed by atoms with Gasteiger partial charge in [0.25, 0.3) is 0 Å². The number of rotatable bonds is 4. The van der Waals surface area contributed by atoms with E-state index in [-0.39, 0.29) is 0 Å². The molecule has 1 aromatic rings. The quantitative estimate of drug-likeness (QED) is 0.528. The Labute approximate surface area is 154 Å². The van der Waals surface area contributed by atoms with Crippen LogP contribution in [0.2, 0.25) is 29.6 Å². The van der Waals surface area contributed by atoms with Crippen LogP contribution in [0.5, 0.6) is 0 Å². The molecule has 1 aliphatic rings. The molecule has 0 unspecified atom stereocenters. The Morgan fingerprint density at radius 1 is 0.750 bits per heavy atom. The fourth-order valence-electron chi connectivity index (χ4n) is 2.95. The van der Waals surface area contributed by atoms with Gasteiger partial charge in [0.1, 0.15) is 0 Å². The van der Waals surface area contributed by atoms with Crippen molar-refractivity contribution < 1.29 is 0 Å². The molecule has 0 bridgehead atoms. The van der Waals surface area contributed by atoms with Crippen LogP contribution in [0.4, 0.5) is 0 Å². The maximum atomic E-state index is 5.03. The molecule has 1 heterocycles. The molecule has 0 spiro atoms. The molecule has 1 aliphatic heterocycles. The second-order valence-electron chi connectivity index (χ2n) is 8.36. The summed E-state index contributed by atoms with van der Waals surface area (Å²) in [4.78, 5) is 24.8. The van der Waals surface area contributed by atoms with Crippen molar-refractivity contribution in [2.24, 2.45) is 9.98 Å². The molecule has 0 amide bonds. The first-order valence-electron chi connectivity index (χ1n) is 8.70. The number of allylic oxidation sites excluding steroid dienone is 5. The van der Waals surface area contributed by atoms with Gasteiger partial charge in [0, 0.05) is 0 Å². The average molecular weight is 536 g/mol. The first kappa shape index (κ1) is 20.0. The SMILES string of the molecule is C/C=C\C(/C=C\C)=C1N=c2[c]([Sn]([CH3])([CH3])[CH3])cc[c]([Sn]([CH3])([CH3])[CH3])c2=N1. The normalized spacial score (nSPS) is 14.9. The predicted molar refractivity (Wildman–Crippen MR) is 111 cm³/mol. The van der Waals surface area contributed by atoms with Crippen molar-refractivity contribution in [3.8, 4) is 0 Å². The van der Waals surface area contributed by atoms with E-state index in [2.05, 4.69) is 66.1 Å². The van der Waals surface area contributed by atoms with E-state index in [0.29, 0.717) is 0 Å². The van der Waals surface area contributed by atoms with Gasteiger partial charge >= 0.3 is 156 Å². The van der Waals surface area contributed by atoms with Crippen LogP contribution in [-0.2, 0) is 0 Å². The fourth-order valence-corrected chi connectivity index (χ4v) is 11.3. The maximum absolute atomic E-state index is 5.03. The van der Waals surface area contributed by atoms with E-state index in [4.69, 9.17) is 9.98 Å². The third kappa shape index (κ3) is 4.24. The summed E-state index contributed by atoms with van der Waals surface area (Å²) in [6, 6.07) is 4.75. The first-order chi connectivity index (χ1) is 11.1. The summed E-state index contributed by atoms with van der Waals surface area (Å²) >= 11 is -4.49. The summed E-state index contributed by atoms with van der Waals surface area (Å²) in [7, 11) is 0. The number of nitrogens with zero attached hydrogens (tertiary/aromatic N) is 2. The molecule has 0 saturated carbocycles. The number of fused-ring (bicyclic) bond motifs is 1. The van der Waals surface area contributed by atoms with Crippen molar-refractivity contribution in [3.05, 3.63) is 58.5 Å². The Balaban J connectivity index is 2.91. The van der Waals surface area contributed by atoms with Gasteiger partial charge < -0.3 is 0 Å². The van der Waals surface area contributed by atoms with Gasteiger partial charge in [-0.05, 0) is 0 Å². The van der Waals surface area contributed by atoms with Gasteiger partial charge in [0.15, 0.2) is 0 Å². The number of hydrogen-bond acceptors (Lipinski definition) is 2. The molecule has 2 rings (SSSR count). The molecular weight excluding hydrogens is 506 g/mol. The van der Waals surface area contributed by atoms with Crippen molar-refractivity contribution >= 4 is 43.9 Å². The van der Waals surface area contributed by atoms with E-state index in [1.807, 2.05) is 13.8 Å². The summed E-state index contributed by atoms with van der Waals surface area (Å²) in [5, 5.41) is 2.37. The van der Waals surface area contributed by atoms with E-state index >= 15 is 0 Å². The van der Waals surface area contributed by atoms with Crippen molar-refractivity contribution in [1.82, 2.24) is 0 Å². The molecule has 0 aliphatic carbocycles. The molecule has 4 heteroatoms. The zero-order chi connectivity index (χ0) is 18.1. The first-order valence-corrected chi connectivity index (χ1v) is 28.7. The van der Waals surface area contributed by atoms with Gasteiger partial charge in [0.05, 0.1) is 0 Å². The van der Waals surface area contributed by atoms with E-state index in [1.165, 1.54) is 17.9 Å². The minimum absolute atomic E-state index is 0.876. The van der Waals surface area contributed by atoms with Gasteiger partial charge in [-0.2, -0.15) is 0 Å². The minimum atomic E-state index is -2.24. The summed E-state index contributed by atoms with van der Waals surface area (Å²) < 4.78 is 3.00. The third-order valence-corrected chi connectivity index (χ3v) is 15.7. The molecule has 0 atom stereocenters. The molecule has 0 saturated heterocycles. The van der Waals surface area contributed by atoms with E-state index in [0.717, 1.165) is 11.4 Å². The summed E-state index contributed by atoms with van der Waals surface area (Å²) in [5.41, 5.74) is 1.10. The van der Waals surface area contributed by atoms with Crippen LogP contribution in [0, 0.1) is 0 Å². The Hall–Kier alpha value is -0.363. The fraction of sp³-hybridized carbons (Fsp3) is 0.400. The summed E-state index contributed by atoms with van der Waals surface area (Å²) in [6.45, 7) is 4.08. The van der Waals surface area contributed by atoms with Crippen molar-refractivity contribution in [2.45, 2.75) is 43.5 Å². The number of benzene rings is 1. The third-order valence-electron chi connectivity index (χ3n) is 4.15. The zero-order valence-corrected chi connectivity index (χ0v) is 22.1.